The summed E-state index contributed by atoms with van der Waals surface area (Å²) in [4.78, 5) is 10.9. The second-order valence-corrected chi connectivity index (χ2v) is 6.95. The highest BCUT2D eigenvalue weighted by molar-refractivity contribution is 5.86. The van der Waals surface area contributed by atoms with Gasteiger partial charge >= 0.3 is 5.97 Å². The Bertz CT molecular complexity index is 776. The molecule has 0 N–H and O–H groups in total. The summed E-state index contributed by atoms with van der Waals surface area (Å²) in [5.41, 5.74) is 1.25. The van der Waals surface area contributed by atoms with E-state index in [0.29, 0.717) is 13.2 Å². The summed E-state index contributed by atoms with van der Waals surface area (Å²) >= 11 is 0. The van der Waals surface area contributed by atoms with Crippen LogP contribution in [-0.4, -0.2) is 19.2 Å². The fraction of sp³-hybridized carbons (Fsp3) is 0.400. The molecule has 0 unspecified atom stereocenters. The third-order valence-corrected chi connectivity index (χ3v) is 4.59. The fourth-order valence-electron chi connectivity index (χ4n) is 2.96. The number of unbranched alkanes of at least 4 members (excludes halogenated alkanes) is 5. The van der Waals surface area contributed by atoms with Crippen molar-refractivity contribution in [1.29, 1.82) is 0 Å². The highest BCUT2D eigenvalue weighted by Gasteiger charge is 2.00. The maximum Gasteiger partial charge on any atom is 0.330 e. The molecule has 150 valence electrons. The van der Waals surface area contributed by atoms with E-state index >= 15 is 0 Å². The number of benzene rings is 2. The molecule has 0 radical (unpaired) electrons. The predicted molar refractivity (Wildman–Crippen MR) is 118 cm³/mol. The number of carbonyl (C=O) groups excluding carboxylic acids is 1. The lowest BCUT2D eigenvalue weighted by molar-refractivity contribution is -0.137. The first-order chi connectivity index (χ1) is 13.7. The first-order valence-electron chi connectivity index (χ1n) is 10.4. The van der Waals surface area contributed by atoms with Gasteiger partial charge in [-0.25, -0.2) is 4.79 Å². The molecule has 2 aromatic carbocycles. The molecule has 0 aliphatic heterocycles. The van der Waals surface area contributed by atoms with Gasteiger partial charge in [0.2, 0.25) is 0 Å². The molecule has 0 aliphatic rings. The van der Waals surface area contributed by atoms with Crippen LogP contribution >= 0.6 is 0 Å². The Morgan fingerprint density at radius 1 is 0.964 bits per heavy atom. The van der Waals surface area contributed by atoms with Crippen molar-refractivity contribution in [1.82, 2.24) is 0 Å². The summed E-state index contributed by atoms with van der Waals surface area (Å²) in [5, 5.41) is 2.44. The average Bonchev–Trinajstić information content (AvgIpc) is 2.72. The van der Waals surface area contributed by atoms with E-state index in [2.05, 4.69) is 56.0 Å². The molecule has 3 heteroatoms. The lowest BCUT2D eigenvalue weighted by Gasteiger charge is -2.08. The molecule has 0 spiro atoms. The number of hydrogen-bond donors (Lipinski definition) is 0. The van der Waals surface area contributed by atoms with Gasteiger partial charge in [0, 0.05) is 6.08 Å². The summed E-state index contributed by atoms with van der Waals surface area (Å²) in [6, 6.07) is 12.8. The highest BCUT2D eigenvalue weighted by Crippen LogP contribution is 2.23. The van der Waals surface area contributed by atoms with Crippen LogP contribution in [0.3, 0.4) is 0 Å². The summed E-state index contributed by atoms with van der Waals surface area (Å²) < 4.78 is 10.8. The lowest BCUT2D eigenvalue weighted by Crippen LogP contribution is -2.02. The Hall–Kier alpha value is -2.55. The monoisotopic (exact) mass is 380 g/mol. The number of allylic oxidation sites excluding steroid dienone is 1. The van der Waals surface area contributed by atoms with Crippen LogP contribution in [0.2, 0.25) is 0 Å². The van der Waals surface area contributed by atoms with Gasteiger partial charge in [0.05, 0.1) is 13.2 Å². The van der Waals surface area contributed by atoms with E-state index in [1.165, 1.54) is 35.3 Å². The smallest absolute Gasteiger partial charge is 0.330 e. The third kappa shape index (κ3) is 7.99. The SMILES string of the molecule is C=CC(=O)OCCCCCCOc1ccc2cc(/C=C\CCCC)ccc2c1. The van der Waals surface area contributed by atoms with Crippen LogP contribution in [0.5, 0.6) is 5.75 Å². The van der Waals surface area contributed by atoms with Crippen LogP contribution in [0.25, 0.3) is 16.8 Å². The van der Waals surface area contributed by atoms with Gasteiger partial charge in [-0.2, -0.15) is 0 Å². The lowest BCUT2D eigenvalue weighted by atomic mass is 10.1. The van der Waals surface area contributed by atoms with E-state index in [-0.39, 0.29) is 5.97 Å². The van der Waals surface area contributed by atoms with Crippen molar-refractivity contribution in [2.45, 2.75) is 51.9 Å². The zero-order valence-corrected chi connectivity index (χ0v) is 17.0. The first kappa shape index (κ1) is 21.7. The van der Waals surface area contributed by atoms with Gasteiger partial charge in [-0.1, -0.05) is 56.7 Å². The molecule has 0 atom stereocenters. The maximum absolute atomic E-state index is 10.9. The average molecular weight is 381 g/mol. The number of ether oxygens (including phenoxy) is 2. The molecule has 0 bridgehead atoms. The van der Waals surface area contributed by atoms with Crippen molar-refractivity contribution in [3.8, 4) is 5.75 Å². The molecule has 0 aromatic heterocycles. The maximum atomic E-state index is 10.9. The molecule has 3 nitrogen and oxygen atoms in total. The second kappa shape index (κ2) is 12.8. The minimum atomic E-state index is -0.348. The number of fused-ring (bicyclic) bond motifs is 1. The number of hydrogen-bond acceptors (Lipinski definition) is 3. The third-order valence-electron chi connectivity index (χ3n) is 4.59. The quantitative estimate of drug-likeness (QED) is 0.220. The molecular formula is C25H32O3. The Morgan fingerprint density at radius 2 is 1.71 bits per heavy atom. The second-order valence-electron chi connectivity index (χ2n) is 6.95. The summed E-state index contributed by atoms with van der Waals surface area (Å²) in [6.45, 7) is 6.76. The van der Waals surface area contributed by atoms with Gasteiger partial charge in [0.1, 0.15) is 5.75 Å². The standard InChI is InChI=1S/C25H32O3/c1-3-5-6-9-12-21-13-14-23-20-24(16-15-22(23)19-21)27-17-10-7-8-11-18-28-25(26)4-2/h4,9,12-16,19-20H,2-3,5-8,10-11,17-18H2,1H3/b12-9-. The van der Waals surface area contributed by atoms with E-state index < -0.39 is 0 Å². The van der Waals surface area contributed by atoms with Gasteiger partial charge in [0.15, 0.2) is 0 Å². The summed E-state index contributed by atoms with van der Waals surface area (Å²) in [5.74, 6) is 0.568. The molecular weight excluding hydrogens is 348 g/mol. The minimum absolute atomic E-state index is 0.348. The van der Waals surface area contributed by atoms with Crippen molar-refractivity contribution >= 4 is 22.8 Å². The number of carbonyl (C=O) groups is 1. The van der Waals surface area contributed by atoms with Crippen LogP contribution in [0.15, 0.2) is 55.1 Å². The highest BCUT2D eigenvalue weighted by atomic mass is 16.5. The van der Waals surface area contributed by atoms with Gasteiger partial charge in [-0.3, -0.25) is 0 Å². The van der Waals surface area contributed by atoms with Crippen LogP contribution in [0.1, 0.15) is 57.4 Å². The number of rotatable bonds is 13. The Labute approximate surface area is 169 Å². The van der Waals surface area contributed by atoms with Crippen LogP contribution in [0, 0.1) is 0 Å². The molecule has 0 fully saturated rings. The van der Waals surface area contributed by atoms with Crippen LogP contribution in [0.4, 0.5) is 0 Å². The van der Waals surface area contributed by atoms with E-state index in [4.69, 9.17) is 9.47 Å². The van der Waals surface area contributed by atoms with Crippen LogP contribution in [-0.2, 0) is 9.53 Å². The van der Waals surface area contributed by atoms with Crippen LogP contribution < -0.4 is 4.74 Å². The van der Waals surface area contributed by atoms with E-state index in [9.17, 15) is 4.79 Å². The molecule has 2 aromatic rings. The molecule has 0 heterocycles. The number of esters is 1. The zero-order chi connectivity index (χ0) is 20.0. The van der Waals surface area contributed by atoms with E-state index in [1.54, 1.807) is 0 Å². The zero-order valence-electron chi connectivity index (χ0n) is 17.0. The molecule has 0 aliphatic carbocycles. The molecule has 0 saturated heterocycles. The Morgan fingerprint density at radius 3 is 2.50 bits per heavy atom. The van der Waals surface area contributed by atoms with E-state index in [0.717, 1.165) is 37.9 Å². The molecule has 2 rings (SSSR count). The normalized spacial score (nSPS) is 11.0. The Kier molecular flexibility index (Phi) is 9.92. The van der Waals surface area contributed by atoms with Crippen molar-refractivity contribution in [2.75, 3.05) is 13.2 Å². The fourth-order valence-corrected chi connectivity index (χ4v) is 2.96. The largest absolute Gasteiger partial charge is 0.494 e. The van der Waals surface area contributed by atoms with Crippen molar-refractivity contribution in [3.05, 3.63) is 60.7 Å². The first-order valence-corrected chi connectivity index (χ1v) is 10.4. The van der Waals surface area contributed by atoms with Gasteiger partial charge in [-0.05, 0) is 66.6 Å². The molecule has 28 heavy (non-hydrogen) atoms. The minimum Gasteiger partial charge on any atom is -0.494 e. The van der Waals surface area contributed by atoms with Crippen molar-refractivity contribution in [2.24, 2.45) is 0 Å². The Balaban J connectivity index is 1.71. The van der Waals surface area contributed by atoms with Gasteiger partial charge in [0.25, 0.3) is 0 Å². The predicted octanol–water partition coefficient (Wildman–Crippen LogP) is 6.71. The summed E-state index contributed by atoms with van der Waals surface area (Å²) in [6.07, 6.45) is 13.2. The van der Waals surface area contributed by atoms with Gasteiger partial charge in [-0.15, -0.1) is 0 Å². The summed E-state index contributed by atoms with van der Waals surface area (Å²) in [7, 11) is 0. The van der Waals surface area contributed by atoms with Gasteiger partial charge < -0.3 is 9.47 Å². The van der Waals surface area contributed by atoms with Crippen molar-refractivity contribution in [3.63, 3.8) is 0 Å². The molecule has 0 amide bonds. The molecule has 0 saturated carbocycles. The topological polar surface area (TPSA) is 35.5 Å². The van der Waals surface area contributed by atoms with E-state index in [1.807, 2.05) is 6.07 Å². The van der Waals surface area contributed by atoms with Crippen molar-refractivity contribution < 1.29 is 14.3 Å².